The Labute approximate surface area is 223 Å². The summed E-state index contributed by atoms with van der Waals surface area (Å²) in [6.45, 7) is 4.19. The molecule has 5 heterocycles. The minimum absolute atomic E-state index is 0.0794. The maximum absolute atomic E-state index is 15.0. The van der Waals surface area contributed by atoms with Gasteiger partial charge in [-0.3, -0.25) is 4.79 Å². The molecule has 1 amide bonds. The van der Waals surface area contributed by atoms with Crippen LogP contribution in [0.3, 0.4) is 0 Å². The highest BCUT2D eigenvalue weighted by Crippen LogP contribution is 2.41. The first-order valence-electron chi connectivity index (χ1n) is 12.5. The first-order valence-corrected chi connectivity index (χ1v) is 12.5. The SMILES string of the molecule is Cc1c(C#N)cccc1-c1nc(N)c(F)c(-c2cn(Cc3cccc(N4CC5(CCN(C)C5=O)C4)n3)nn2)n1. The van der Waals surface area contributed by atoms with E-state index >= 15 is 4.39 Å². The van der Waals surface area contributed by atoms with E-state index in [-0.39, 0.29) is 34.4 Å². The number of hydrogen-bond acceptors (Lipinski definition) is 9. The molecule has 0 aliphatic carbocycles. The number of benzene rings is 1. The topological polar surface area (TPSA) is 143 Å². The van der Waals surface area contributed by atoms with Gasteiger partial charge in [0, 0.05) is 32.2 Å². The lowest BCUT2D eigenvalue weighted by Crippen LogP contribution is -2.60. The number of anilines is 2. The minimum Gasteiger partial charge on any atom is -0.381 e. The van der Waals surface area contributed by atoms with Crippen molar-refractivity contribution in [2.45, 2.75) is 19.9 Å². The predicted molar refractivity (Wildman–Crippen MR) is 141 cm³/mol. The van der Waals surface area contributed by atoms with Gasteiger partial charge in [0.1, 0.15) is 17.2 Å². The number of likely N-dealkylation sites (tertiary alicyclic amines) is 1. The maximum Gasteiger partial charge on any atom is 0.232 e. The molecule has 12 heteroatoms. The lowest BCUT2D eigenvalue weighted by molar-refractivity contribution is -0.136. The first-order chi connectivity index (χ1) is 18.8. The molecule has 1 aromatic carbocycles. The molecular formula is C27H25FN10O. The van der Waals surface area contributed by atoms with Gasteiger partial charge in [-0.05, 0) is 37.1 Å². The Morgan fingerprint density at radius 3 is 2.69 bits per heavy atom. The zero-order chi connectivity index (χ0) is 27.3. The molecule has 6 rings (SSSR count). The van der Waals surface area contributed by atoms with Gasteiger partial charge in [0.25, 0.3) is 0 Å². The highest BCUT2D eigenvalue weighted by molar-refractivity contribution is 5.88. The van der Waals surface area contributed by atoms with E-state index in [1.807, 2.05) is 25.2 Å². The fourth-order valence-corrected chi connectivity index (χ4v) is 5.27. The molecule has 2 fully saturated rings. The van der Waals surface area contributed by atoms with E-state index in [2.05, 4.69) is 31.2 Å². The number of aromatic nitrogens is 6. The summed E-state index contributed by atoms with van der Waals surface area (Å²) in [5.41, 5.74) is 8.17. The molecule has 0 unspecified atom stereocenters. The number of nitrogens with zero attached hydrogens (tertiary/aromatic N) is 9. The van der Waals surface area contributed by atoms with Crippen LogP contribution in [0.25, 0.3) is 22.8 Å². The summed E-state index contributed by atoms with van der Waals surface area (Å²) in [4.78, 5) is 29.7. The molecule has 2 saturated heterocycles. The minimum atomic E-state index is -0.793. The molecule has 0 bridgehead atoms. The van der Waals surface area contributed by atoms with Crippen molar-refractivity contribution in [3.8, 4) is 28.8 Å². The second-order valence-electron chi connectivity index (χ2n) is 10.1. The van der Waals surface area contributed by atoms with Crippen molar-refractivity contribution >= 4 is 17.5 Å². The molecule has 0 radical (unpaired) electrons. The number of halogens is 1. The van der Waals surface area contributed by atoms with Gasteiger partial charge >= 0.3 is 0 Å². The van der Waals surface area contributed by atoms with Gasteiger partial charge in [-0.15, -0.1) is 5.10 Å². The van der Waals surface area contributed by atoms with Crippen LogP contribution in [0.5, 0.6) is 0 Å². The number of carbonyl (C=O) groups excluding carboxylic acids is 1. The van der Waals surface area contributed by atoms with Crippen molar-refractivity contribution in [2.75, 3.05) is 37.3 Å². The van der Waals surface area contributed by atoms with Crippen molar-refractivity contribution in [1.29, 1.82) is 5.26 Å². The third kappa shape index (κ3) is 4.12. The Balaban J connectivity index is 1.23. The van der Waals surface area contributed by atoms with Crippen LogP contribution in [0, 0.1) is 29.5 Å². The Morgan fingerprint density at radius 1 is 1.15 bits per heavy atom. The highest BCUT2D eigenvalue weighted by Gasteiger charge is 2.54. The molecule has 4 aromatic rings. The number of carbonyl (C=O) groups is 1. The number of hydrogen-bond donors (Lipinski definition) is 1. The van der Waals surface area contributed by atoms with Crippen LogP contribution >= 0.6 is 0 Å². The van der Waals surface area contributed by atoms with Gasteiger partial charge < -0.3 is 15.5 Å². The third-order valence-electron chi connectivity index (χ3n) is 7.51. The standard InChI is InChI=1S/C27H25FN10O/c1-16-17(11-29)5-3-7-19(16)25-32-23(22(28)24(30)33-25)20-13-38(35-34-20)12-18-6-4-8-21(31-18)37-14-27(15-37)9-10-36(2)26(27)39/h3-8,13H,9-10,12,14-15H2,1-2H3,(H2,30,32,33). The lowest BCUT2D eigenvalue weighted by atomic mass is 9.78. The van der Waals surface area contributed by atoms with E-state index in [4.69, 9.17) is 10.7 Å². The molecule has 2 aliphatic heterocycles. The van der Waals surface area contributed by atoms with Gasteiger partial charge in [0.15, 0.2) is 17.5 Å². The van der Waals surface area contributed by atoms with Crippen molar-refractivity contribution in [3.63, 3.8) is 0 Å². The molecule has 2 aliphatic rings. The number of nitrogen functional groups attached to an aromatic ring is 1. The van der Waals surface area contributed by atoms with Crippen LogP contribution < -0.4 is 10.6 Å². The van der Waals surface area contributed by atoms with Crippen LogP contribution in [0.4, 0.5) is 16.0 Å². The molecule has 196 valence electrons. The Morgan fingerprint density at radius 2 is 1.95 bits per heavy atom. The van der Waals surface area contributed by atoms with E-state index in [0.717, 1.165) is 24.5 Å². The molecule has 0 atom stereocenters. The summed E-state index contributed by atoms with van der Waals surface area (Å²) in [5.74, 6) is 0.0919. The van der Waals surface area contributed by atoms with E-state index in [1.165, 1.54) is 0 Å². The second-order valence-corrected chi connectivity index (χ2v) is 10.1. The first kappa shape index (κ1) is 24.4. The summed E-state index contributed by atoms with van der Waals surface area (Å²) < 4.78 is 16.6. The van der Waals surface area contributed by atoms with Gasteiger partial charge in [0.2, 0.25) is 5.91 Å². The predicted octanol–water partition coefficient (Wildman–Crippen LogP) is 2.42. The van der Waals surface area contributed by atoms with Crippen molar-refractivity contribution in [2.24, 2.45) is 5.41 Å². The average Bonchev–Trinajstić information content (AvgIpc) is 3.49. The number of nitrogens with two attached hydrogens (primary N) is 1. The number of rotatable bonds is 5. The van der Waals surface area contributed by atoms with E-state index in [0.29, 0.717) is 36.3 Å². The largest absolute Gasteiger partial charge is 0.381 e. The zero-order valence-electron chi connectivity index (χ0n) is 21.5. The molecule has 2 N–H and O–H groups in total. The monoisotopic (exact) mass is 524 g/mol. The third-order valence-corrected chi connectivity index (χ3v) is 7.51. The Kier molecular flexibility index (Phi) is 5.71. The highest BCUT2D eigenvalue weighted by atomic mass is 19.1. The van der Waals surface area contributed by atoms with Crippen molar-refractivity contribution in [1.82, 2.24) is 34.8 Å². The van der Waals surface area contributed by atoms with Gasteiger partial charge in [-0.1, -0.05) is 23.4 Å². The normalized spacial score (nSPS) is 16.0. The summed E-state index contributed by atoms with van der Waals surface area (Å²) in [7, 11) is 1.85. The van der Waals surface area contributed by atoms with E-state index in [1.54, 1.807) is 40.9 Å². The summed E-state index contributed by atoms with van der Waals surface area (Å²) in [5, 5.41) is 17.6. The summed E-state index contributed by atoms with van der Waals surface area (Å²) in [6.07, 6.45) is 2.45. The Hall–Kier alpha value is -4.92. The van der Waals surface area contributed by atoms with Gasteiger partial charge in [-0.25, -0.2) is 24.0 Å². The van der Waals surface area contributed by atoms with Crippen LogP contribution in [-0.2, 0) is 11.3 Å². The molecule has 0 saturated carbocycles. The van der Waals surface area contributed by atoms with Gasteiger partial charge in [0.05, 0.1) is 35.5 Å². The molecule has 39 heavy (non-hydrogen) atoms. The average molecular weight is 525 g/mol. The smallest absolute Gasteiger partial charge is 0.232 e. The fourth-order valence-electron chi connectivity index (χ4n) is 5.27. The van der Waals surface area contributed by atoms with Crippen LogP contribution in [0.15, 0.2) is 42.6 Å². The number of amides is 1. The maximum atomic E-state index is 15.0. The summed E-state index contributed by atoms with van der Waals surface area (Å²) in [6, 6.07) is 13.0. The zero-order valence-corrected chi connectivity index (χ0v) is 21.5. The molecular weight excluding hydrogens is 499 g/mol. The quantitative estimate of drug-likeness (QED) is 0.416. The number of pyridine rings is 1. The molecule has 3 aromatic heterocycles. The van der Waals surface area contributed by atoms with Crippen molar-refractivity contribution in [3.05, 3.63) is 65.2 Å². The van der Waals surface area contributed by atoms with Crippen LogP contribution in [-0.4, -0.2) is 67.4 Å². The molecule has 1 spiro atoms. The Bertz CT molecular complexity index is 1650. The second kappa shape index (κ2) is 9.13. The van der Waals surface area contributed by atoms with Crippen LogP contribution in [0.2, 0.25) is 0 Å². The lowest BCUT2D eigenvalue weighted by Gasteiger charge is -2.47. The van der Waals surface area contributed by atoms with Crippen LogP contribution in [0.1, 0.15) is 23.2 Å². The van der Waals surface area contributed by atoms with E-state index in [9.17, 15) is 10.1 Å². The van der Waals surface area contributed by atoms with Gasteiger partial charge in [-0.2, -0.15) is 5.26 Å². The van der Waals surface area contributed by atoms with E-state index < -0.39 is 5.82 Å². The fraction of sp³-hybridized carbons (Fsp3) is 0.296. The molecule has 11 nitrogen and oxygen atoms in total. The number of nitriles is 1. The summed E-state index contributed by atoms with van der Waals surface area (Å²) >= 11 is 0. The van der Waals surface area contributed by atoms with Crippen molar-refractivity contribution < 1.29 is 9.18 Å².